The summed E-state index contributed by atoms with van der Waals surface area (Å²) < 4.78 is 5.46. The maximum Gasteiger partial charge on any atom is 0.306 e. The van der Waals surface area contributed by atoms with Gasteiger partial charge in [-0.3, -0.25) is 9.59 Å². The number of aliphatic carboxylic acids is 1. The molecule has 1 aliphatic rings. The summed E-state index contributed by atoms with van der Waals surface area (Å²) in [6.07, 6.45) is -0.472. The molecule has 0 bridgehead atoms. The lowest BCUT2D eigenvalue weighted by Gasteiger charge is -2.35. The number of ether oxygens (including phenoxy) is 1. The number of benzene rings is 1. The fourth-order valence-electron chi connectivity index (χ4n) is 2.73. The molecular formula is C18H25NO4S. The molecule has 6 heteroatoms. The number of carboxylic acid groups (broad SMARTS) is 1. The Balaban J connectivity index is 1.96. The molecule has 1 N–H and O–H groups in total. The molecule has 2 unspecified atom stereocenters. The van der Waals surface area contributed by atoms with E-state index in [0.29, 0.717) is 19.7 Å². The minimum Gasteiger partial charge on any atom is -0.481 e. The second-order valence-electron chi connectivity index (χ2n) is 6.34. The molecule has 1 aliphatic heterocycles. The Bertz CT molecular complexity index is 549. The number of nitrogens with zero attached hydrogens (tertiary/aromatic N) is 1. The molecule has 0 spiro atoms. The Kier molecular flexibility index (Phi) is 7.12. The summed E-state index contributed by atoms with van der Waals surface area (Å²) in [6.45, 7) is 5.40. The average Bonchev–Trinajstić information content (AvgIpc) is 2.55. The molecular weight excluding hydrogens is 326 g/mol. The van der Waals surface area contributed by atoms with E-state index in [1.165, 1.54) is 5.56 Å². The van der Waals surface area contributed by atoms with Crippen molar-refractivity contribution >= 4 is 23.6 Å². The van der Waals surface area contributed by atoms with Gasteiger partial charge in [-0.1, -0.05) is 44.2 Å². The third-order valence-corrected chi connectivity index (χ3v) is 5.58. The Morgan fingerprint density at radius 2 is 2.04 bits per heavy atom. The molecule has 1 aromatic rings. The van der Waals surface area contributed by atoms with E-state index in [-0.39, 0.29) is 23.5 Å². The van der Waals surface area contributed by atoms with Gasteiger partial charge in [0.05, 0.1) is 24.4 Å². The smallest absolute Gasteiger partial charge is 0.306 e. The number of carboxylic acids is 1. The van der Waals surface area contributed by atoms with Crippen LogP contribution in [0.5, 0.6) is 0 Å². The third-order valence-electron chi connectivity index (χ3n) is 3.97. The highest BCUT2D eigenvalue weighted by atomic mass is 32.2. The highest BCUT2D eigenvalue weighted by molar-refractivity contribution is 7.99. The van der Waals surface area contributed by atoms with Crippen molar-refractivity contribution in [2.75, 3.05) is 19.7 Å². The first-order valence-electron chi connectivity index (χ1n) is 8.25. The van der Waals surface area contributed by atoms with Gasteiger partial charge in [-0.25, -0.2) is 0 Å². The maximum absolute atomic E-state index is 12.9. The molecule has 1 aromatic carbocycles. The lowest BCUT2D eigenvalue weighted by atomic mass is 10.1. The van der Waals surface area contributed by atoms with Crippen molar-refractivity contribution in [3.8, 4) is 0 Å². The van der Waals surface area contributed by atoms with Crippen LogP contribution in [-0.2, 0) is 20.1 Å². The van der Waals surface area contributed by atoms with Gasteiger partial charge in [0.15, 0.2) is 0 Å². The Morgan fingerprint density at radius 1 is 1.33 bits per heavy atom. The molecule has 5 nitrogen and oxygen atoms in total. The van der Waals surface area contributed by atoms with Gasteiger partial charge in [-0.15, -0.1) is 11.8 Å². The zero-order chi connectivity index (χ0) is 17.5. The summed E-state index contributed by atoms with van der Waals surface area (Å²) in [7, 11) is 0. The number of morpholine rings is 1. The minimum atomic E-state index is -0.895. The molecule has 0 saturated carbocycles. The summed E-state index contributed by atoms with van der Waals surface area (Å²) in [6, 6.07) is 10.1. The summed E-state index contributed by atoms with van der Waals surface area (Å²) in [5, 5.41) is 8.78. The Hall–Kier alpha value is -1.53. The second-order valence-corrected chi connectivity index (χ2v) is 7.47. The fourth-order valence-corrected chi connectivity index (χ4v) is 3.97. The number of carbonyl (C=O) groups is 2. The van der Waals surface area contributed by atoms with E-state index in [2.05, 4.69) is 26.0 Å². The Labute approximate surface area is 147 Å². The lowest BCUT2D eigenvalue weighted by Crippen LogP contribution is -2.50. The summed E-state index contributed by atoms with van der Waals surface area (Å²) in [4.78, 5) is 25.5. The van der Waals surface area contributed by atoms with Gasteiger partial charge in [0.25, 0.3) is 0 Å². The molecule has 132 valence electrons. The summed E-state index contributed by atoms with van der Waals surface area (Å²) in [5.74, 6) is 0.197. The minimum absolute atomic E-state index is 0.0622. The predicted molar refractivity (Wildman–Crippen MR) is 94.9 cm³/mol. The van der Waals surface area contributed by atoms with Gasteiger partial charge in [-0.05, 0) is 11.5 Å². The van der Waals surface area contributed by atoms with E-state index in [4.69, 9.17) is 9.84 Å². The van der Waals surface area contributed by atoms with Gasteiger partial charge >= 0.3 is 5.97 Å². The van der Waals surface area contributed by atoms with E-state index < -0.39 is 12.1 Å². The van der Waals surface area contributed by atoms with Crippen molar-refractivity contribution in [1.82, 2.24) is 4.90 Å². The van der Waals surface area contributed by atoms with Crippen LogP contribution < -0.4 is 0 Å². The van der Waals surface area contributed by atoms with E-state index in [1.807, 2.05) is 18.2 Å². The molecule has 1 amide bonds. The van der Waals surface area contributed by atoms with Crippen LogP contribution in [0.15, 0.2) is 30.3 Å². The SMILES string of the molecule is CC(C)C(SCc1ccccc1)C(=O)N1CCOC(CC(=O)O)C1. The van der Waals surface area contributed by atoms with Crippen LogP contribution in [0.3, 0.4) is 0 Å². The number of thioether (sulfide) groups is 1. The summed E-state index contributed by atoms with van der Waals surface area (Å²) in [5.41, 5.74) is 1.20. The molecule has 1 heterocycles. The quantitative estimate of drug-likeness (QED) is 0.818. The van der Waals surface area contributed by atoms with Crippen molar-refractivity contribution < 1.29 is 19.4 Å². The third kappa shape index (κ3) is 5.53. The van der Waals surface area contributed by atoms with Gasteiger partial charge in [0, 0.05) is 18.8 Å². The number of carbonyl (C=O) groups excluding carboxylic acids is 1. The number of amides is 1. The molecule has 0 aromatic heterocycles. The van der Waals surface area contributed by atoms with E-state index in [1.54, 1.807) is 16.7 Å². The molecule has 1 saturated heterocycles. The number of rotatable bonds is 7. The normalized spacial score (nSPS) is 19.3. The number of hydrogen-bond acceptors (Lipinski definition) is 4. The molecule has 0 aliphatic carbocycles. The first-order chi connectivity index (χ1) is 11.5. The first kappa shape index (κ1) is 18.8. The predicted octanol–water partition coefficient (Wildman–Crippen LogP) is 2.65. The van der Waals surface area contributed by atoms with Crippen molar-refractivity contribution in [3.05, 3.63) is 35.9 Å². The van der Waals surface area contributed by atoms with Crippen molar-refractivity contribution in [2.45, 2.75) is 37.4 Å². The standard InChI is InChI=1S/C18H25NO4S/c1-13(2)17(24-12-14-6-4-3-5-7-14)18(22)19-8-9-23-15(11-19)10-16(20)21/h3-7,13,15,17H,8-12H2,1-2H3,(H,20,21). The van der Waals surface area contributed by atoms with Gasteiger partial charge < -0.3 is 14.7 Å². The van der Waals surface area contributed by atoms with Crippen LogP contribution in [0.2, 0.25) is 0 Å². The summed E-state index contributed by atoms with van der Waals surface area (Å²) >= 11 is 1.65. The monoisotopic (exact) mass is 351 g/mol. The van der Waals surface area contributed by atoms with Crippen LogP contribution in [0, 0.1) is 5.92 Å². The zero-order valence-electron chi connectivity index (χ0n) is 14.2. The van der Waals surface area contributed by atoms with Crippen molar-refractivity contribution in [2.24, 2.45) is 5.92 Å². The first-order valence-corrected chi connectivity index (χ1v) is 9.30. The molecule has 0 radical (unpaired) electrons. The molecule has 2 rings (SSSR count). The van der Waals surface area contributed by atoms with E-state index in [9.17, 15) is 9.59 Å². The molecule has 24 heavy (non-hydrogen) atoms. The largest absolute Gasteiger partial charge is 0.481 e. The zero-order valence-corrected chi connectivity index (χ0v) is 15.0. The lowest BCUT2D eigenvalue weighted by molar-refractivity contribution is -0.147. The van der Waals surface area contributed by atoms with Gasteiger partial charge in [-0.2, -0.15) is 0 Å². The van der Waals surface area contributed by atoms with Crippen molar-refractivity contribution in [3.63, 3.8) is 0 Å². The molecule has 1 fully saturated rings. The topological polar surface area (TPSA) is 66.8 Å². The fraction of sp³-hybridized carbons (Fsp3) is 0.556. The average molecular weight is 351 g/mol. The highest BCUT2D eigenvalue weighted by Gasteiger charge is 2.32. The van der Waals surface area contributed by atoms with Crippen LogP contribution in [0.25, 0.3) is 0 Å². The van der Waals surface area contributed by atoms with Gasteiger partial charge in [0.1, 0.15) is 0 Å². The van der Waals surface area contributed by atoms with Crippen LogP contribution in [0.1, 0.15) is 25.8 Å². The van der Waals surface area contributed by atoms with E-state index >= 15 is 0 Å². The number of hydrogen-bond donors (Lipinski definition) is 1. The van der Waals surface area contributed by atoms with E-state index in [0.717, 1.165) is 5.75 Å². The van der Waals surface area contributed by atoms with Crippen LogP contribution >= 0.6 is 11.8 Å². The van der Waals surface area contributed by atoms with Crippen LogP contribution in [-0.4, -0.2) is 52.9 Å². The van der Waals surface area contributed by atoms with Crippen LogP contribution in [0.4, 0.5) is 0 Å². The maximum atomic E-state index is 12.9. The Morgan fingerprint density at radius 3 is 2.67 bits per heavy atom. The van der Waals surface area contributed by atoms with Gasteiger partial charge in [0.2, 0.25) is 5.91 Å². The van der Waals surface area contributed by atoms with Crippen molar-refractivity contribution in [1.29, 1.82) is 0 Å². The molecule has 2 atom stereocenters. The highest BCUT2D eigenvalue weighted by Crippen LogP contribution is 2.26. The second kappa shape index (κ2) is 9.08.